The normalized spacial score (nSPS) is 18.9. The number of ketones is 1. The lowest BCUT2D eigenvalue weighted by Gasteiger charge is -2.24. The SMILES string of the molecule is CC(=O)CC=NC[C@H](O)[C@H](O)[C@H](O)[C@@H](O)CO. The Morgan fingerprint density at radius 3 is 2.18 bits per heavy atom. The Labute approximate surface area is 99.1 Å². The molecule has 0 aromatic carbocycles. The highest BCUT2D eigenvalue weighted by atomic mass is 16.4. The van der Waals surface area contributed by atoms with Crippen LogP contribution in [0.1, 0.15) is 13.3 Å². The summed E-state index contributed by atoms with van der Waals surface area (Å²) in [5.41, 5.74) is 0. The van der Waals surface area contributed by atoms with Crippen LogP contribution in [0.4, 0.5) is 0 Å². The molecular weight excluding hydrogens is 230 g/mol. The average molecular weight is 249 g/mol. The van der Waals surface area contributed by atoms with Gasteiger partial charge < -0.3 is 25.5 Å². The largest absolute Gasteiger partial charge is 0.394 e. The van der Waals surface area contributed by atoms with E-state index in [1.165, 1.54) is 13.1 Å². The number of aliphatic hydroxyl groups excluding tert-OH is 5. The Hall–Kier alpha value is -0.860. The molecule has 7 nitrogen and oxygen atoms in total. The lowest BCUT2D eigenvalue weighted by Crippen LogP contribution is -2.46. The van der Waals surface area contributed by atoms with Crippen molar-refractivity contribution < 1.29 is 30.3 Å². The van der Waals surface area contributed by atoms with E-state index >= 15 is 0 Å². The van der Waals surface area contributed by atoms with E-state index in [0.29, 0.717) is 0 Å². The molecule has 0 aliphatic rings. The summed E-state index contributed by atoms with van der Waals surface area (Å²) in [6.45, 7) is 0.459. The van der Waals surface area contributed by atoms with E-state index in [1.54, 1.807) is 0 Å². The second-order valence-corrected chi connectivity index (χ2v) is 3.75. The third-order valence-electron chi connectivity index (χ3n) is 2.13. The first-order valence-corrected chi connectivity index (χ1v) is 5.21. The first-order valence-electron chi connectivity index (χ1n) is 5.21. The topological polar surface area (TPSA) is 131 Å². The number of Topliss-reactive ketones (excluding diaryl/α,β-unsaturated/α-hetero) is 1. The van der Waals surface area contributed by atoms with Gasteiger partial charge in [-0.2, -0.15) is 0 Å². The molecule has 0 fully saturated rings. The Balaban J connectivity index is 4.08. The first kappa shape index (κ1) is 16.1. The molecule has 5 N–H and O–H groups in total. The lowest BCUT2D eigenvalue weighted by atomic mass is 10.0. The van der Waals surface area contributed by atoms with Crippen molar-refractivity contribution in [3.05, 3.63) is 0 Å². The number of rotatable bonds is 8. The summed E-state index contributed by atoms with van der Waals surface area (Å²) in [5.74, 6) is -0.0838. The van der Waals surface area contributed by atoms with Crippen molar-refractivity contribution >= 4 is 12.0 Å². The van der Waals surface area contributed by atoms with Crippen molar-refractivity contribution in [2.75, 3.05) is 13.2 Å². The number of nitrogens with zero attached hydrogens (tertiary/aromatic N) is 1. The summed E-state index contributed by atoms with van der Waals surface area (Å²) in [5, 5.41) is 45.6. The molecule has 0 spiro atoms. The van der Waals surface area contributed by atoms with E-state index in [0.717, 1.165) is 0 Å². The van der Waals surface area contributed by atoms with E-state index in [4.69, 9.17) is 10.2 Å². The predicted octanol–water partition coefficient (Wildman–Crippen LogP) is -2.53. The van der Waals surface area contributed by atoms with Crippen molar-refractivity contribution in [2.24, 2.45) is 4.99 Å². The fraction of sp³-hybridized carbons (Fsp3) is 0.800. The first-order chi connectivity index (χ1) is 7.90. The lowest BCUT2D eigenvalue weighted by molar-refractivity contribution is -0.115. The van der Waals surface area contributed by atoms with E-state index in [9.17, 15) is 20.1 Å². The molecule has 0 saturated carbocycles. The van der Waals surface area contributed by atoms with Crippen LogP contribution in [0.25, 0.3) is 0 Å². The standard InChI is InChI=1S/C10H19NO6/c1-6(13)2-3-11-4-7(14)9(16)10(17)8(15)5-12/h3,7-10,12,14-17H,2,4-5H2,1H3/t7-,8-,9-,10+/m0/s1. The van der Waals surface area contributed by atoms with Gasteiger partial charge in [0.25, 0.3) is 0 Å². The fourth-order valence-electron chi connectivity index (χ4n) is 1.05. The molecule has 0 aromatic heterocycles. The summed E-state index contributed by atoms with van der Waals surface area (Å²) < 4.78 is 0. The van der Waals surface area contributed by atoms with Gasteiger partial charge in [-0.25, -0.2) is 0 Å². The van der Waals surface area contributed by atoms with Crippen LogP contribution in [0.3, 0.4) is 0 Å². The summed E-state index contributed by atoms with van der Waals surface area (Å²) >= 11 is 0. The van der Waals surface area contributed by atoms with Gasteiger partial charge in [-0.15, -0.1) is 0 Å². The van der Waals surface area contributed by atoms with Crippen molar-refractivity contribution in [1.29, 1.82) is 0 Å². The van der Waals surface area contributed by atoms with Gasteiger partial charge in [0.1, 0.15) is 30.2 Å². The summed E-state index contributed by atoms with van der Waals surface area (Å²) in [6.07, 6.45) is -4.75. The maximum absolute atomic E-state index is 10.6. The fourth-order valence-corrected chi connectivity index (χ4v) is 1.05. The van der Waals surface area contributed by atoms with Gasteiger partial charge in [0.05, 0.1) is 13.2 Å². The molecule has 100 valence electrons. The van der Waals surface area contributed by atoms with Crippen molar-refractivity contribution in [3.63, 3.8) is 0 Å². The molecule has 17 heavy (non-hydrogen) atoms. The van der Waals surface area contributed by atoms with Crippen LogP contribution >= 0.6 is 0 Å². The summed E-state index contributed by atoms with van der Waals surface area (Å²) in [6, 6.07) is 0. The zero-order valence-corrected chi connectivity index (χ0v) is 9.60. The van der Waals surface area contributed by atoms with Gasteiger partial charge >= 0.3 is 0 Å². The molecule has 0 aliphatic heterocycles. The Bertz CT molecular complexity index is 257. The quantitative estimate of drug-likeness (QED) is 0.302. The second-order valence-electron chi connectivity index (χ2n) is 3.75. The number of carbonyl (C=O) groups excluding carboxylic acids is 1. The van der Waals surface area contributed by atoms with Crippen LogP contribution < -0.4 is 0 Å². The van der Waals surface area contributed by atoms with Crippen LogP contribution in [0.15, 0.2) is 4.99 Å². The molecular formula is C10H19NO6. The highest BCUT2D eigenvalue weighted by Gasteiger charge is 2.29. The molecule has 0 saturated heterocycles. The molecule has 4 atom stereocenters. The van der Waals surface area contributed by atoms with Crippen LogP contribution in [-0.2, 0) is 4.79 Å². The molecule has 0 rings (SSSR count). The maximum Gasteiger partial charge on any atom is 0.135 e. The minimum Gasteiger partial charge on any atom is -0.394 e. The number of carbonyl (C=O) groups is 1. The van der Waals surface area contributed by atoms with Gasteiger partial charge in [-0.05, 0) is 6.92 Å². The Kier molecular flexibility index (Phi) is 7.85. The van der Waals surface area contributed by atoms with Crippen LogP contribution in [-0.4, -0.2) is 75.1 Å². The monoisotopic (exact) mass is 249 g/mol. The second kappa shape index (κ2) is 8.26. The van der Waals surface area contributed by atoms with E-state index in [1.807, 2.05) is 0 Å². The third-order valence-corrected chi connectivity index (χ3v) is 2.13. The number of aliphatic imine (C=N–C) groups is 1. The van der Waals surface area contributed by atoms with Crippen molar-refractivity contribution in [2.45, 2.75) is 37.8 Å². The molecule has 7 heteroatoms. The molecule has 0 bridgehead atoms. The van der Waals surface area contributed by atoms with Gasteiger partial charge in [0.2, 0.25) is 0 Å². The number of hydrogen-bond acceptors (Lipinski definition) is 7. The molecule has 0 heterocycles. The Morgan fingerprint density at radius 2 is 1.71 bits per heavy atom. The molecule has 0 unspecified atom stereocenters. The van der Waals surface area contributed by atoms with Gasteiger partial charge in [-0.1, -0.05) is 0 Å². The zero-order chi connectivity index (χ0) is 13.4. The average Bonchev–Trinajstić information content (AvgIpc) is 2.31. The minimum atomic E-state index is -1.65. The Morgan fingerprint density at radius 1 is 1.18 bits per heavy atom. The summed E-state index contributed by atoms with van der Waals surface area (Å²) in [4.78, 5) is 14.2. The smallest absolute Gasteiger partial charge is 0.135 e. The highest BCUT2D eigenvalue weighted by molar-refractivity contribution is 5.89. The third kappa shape index (κ3) is 6.44. The predicted molar refractivity (Wildman–Crippen MR) is 59.8 cm³/mol. The zero-order valence-electron chi connectivity index (χ0n) is 9.60. The van der Waals surface area contributed by atoms with Crippen LogP contribution in [0.5, 0.6) is 0 Å². The number of aliphatic hydroxyl groups is 5. The van der Waals surface area contributed by atoms with E-state index in [-0.39, 0.29) is 18.7 Å². The van der Waals surface area contributed by atoms with E-state index in [2.05, 4.69) is 4.99 Å². The van der Waals surface area contributed by atoms with Crippen LogP contribution in [0, 0.1) is 0 Å². The van der Waals surface area contributed by atoms with Crippen molar-refractivity contribution in [3.8, 4) is 0 Å². The number of hydrogen-bond donors (Lipinski definition) is 5. The van der Waals surface area contributed by atoms with E-state index < -0.39 is 31.0 Å². The molecule has 0 aromatic rings. The summed E-state index contributed by atoms with van der Waals surface area (Å²) in [7, 11) is 0. The molecule has 0 amide bonds. The highest BCUT2D eigenvalue weighted by Crippen LogP contribution is 2.05. The van der Waals surface area contributed by atoms with Gasteiger partial charge in [-0.3, -0.25) is 9.79 Å². The molecule has 0 aliphatic carbocycles. The van der Waals surface area contributed by atoms with Gasteiger partial charge in [0.15, 0.2) is 0 Å². The van der Waals surface area contributed by atoms with Gasteiger partial charge in [0, 0.05) is 12.6 Å². The van der Waals surface area contributed by atoms with Crippen molar-refractivity contribution in [1.82, 2.24) is 0 Å². The van der Waals surface area contributed by atoms with Crippen LogP contribution in [0.2, 0.25) is 0 Å². The minimum absolute atomic E-state index is 0.0838. The maximum atomic E-state index is 10.6. The molecule has 0 radical (unpaired) electrons.